The largest absolute Gasteiger partial charge is 0.481 e. The van der Waals surface area contributed by atoms with Crippen molar-refractivity contribution < 1.29 is 15.0 Å². The summed E-state index contributed by atoms with van der Waals surface area (Å²) < 4.78 is 0. The molecular weight excluding hydrogens is 182 g/mol. The highest BCUT2D eigenvalue weighted by Gasteiger charge is 2.39. The molecule has 2 rings (SSSR count). The molecule has 0 saturated heterocycles. The van der Waals surface area contributed by atoms with Gasteiger partial charge in [-0.05, 0) is 18.9 Å². The van der Waals surface area contributed by atoms with Crippen molar-refractivity contribution in [1.29, 1.82) is 0 Å². The Bertz CT molecular complexity index is 377. The van der Waals surface area contributed by atoms with Gasteiger partial charge in [-0.3, -0.25) is 9.78 Å². The first-order valence-corrected chi connectivity index (χ1v) is 4.50. The van der Waals surface area contributed by atoms with Crippen LogP contribution in [0.2, 0.25) is 0 Å². The van der Waals surface area contributed by atoms with Crippen LogP contribution in [0, 0.1) is 0 Å². The van der Waals surface area contributed by atoms with E-state index in [9.17, 15) is 9.90 Å². The van der Waals surface area contributed by atoms with Crippen molar-refractivity contribution in [1.82, 2.24) is 4.98 Å². The van der Waals surface area contributed by atoms with Gasteiger partial charge in [-0.1, -0.05) is 6.07 Å². The van der Waals surface area contributed by atoms with Crippen molar-refractivity contribution in [2.75, 3.05) is 0 Å². The van der Waals surface area contributed by atoms with Gasteiger partial charge in [0.25, 0.3) is 0 Å². The van der Waals surface area contributed by atoms with Gasteiger partial charge in [0.2, 0.25) is 0 Å². The summed E-state index contributed by atoms with van der Waals surface area (Å²) in [4.78, 5) is 14.7. The first-order chi connectivity index (χ1) is 6.62. The van der Waals surface area contributed by atoms with Crippen molar-refractivity contribution in [3.8, 4) is 0 Å². The lowest BCUT2D eigenvalue weighted by atomic mass is 9.93. The van der Waals surface area contributed by atoms with E-state index >= 15 is 0 Å². The van der Waals surface area contributed by atoms with Crippen LogP contribution in [0.1, 0.15) is 24.1 Å². The van der Waals surface area contributed by atoms with Crippen LogP contribution >= 0.6 is 0 Å². The van der Waals surface area contributed by atoms with E-state index in [2.05, 4.69) is 4.98 Å². The summed E-state index contributed by atoms with van der Waals surface area (Å²) in [5.74, 6) is -0.982. The molecule has 1 heterocycles. The van der Waals surface area contributed by atoms with Gasteiger partial charge in [0.15, 0.2) is 0 Å². The predicted molar refractivity (Wildman–Crippen MR) is 48.7 cm³/mol. The molecule has 0 aliphatic heterocycles. The molecule has 1 atom stereocenters. The minimum Gasteiger partial charge on any atom is -0.481 e. The minimum absolute atomic E-state index is 0.244. The molecule has 0 amide bonds. The summed E-state index contributed by atoms with van der Waals surface area (Å²) in [6, 6.07) is 3.47. The number of fused-ring (bicyclic) bond motifs is 1. The maximum Gasteiger partial charge on any atom is 0.306 e. The van der Waals surface area contributed by atoms with E-state index in [1.165, 1.54) is 0 Å². The van der Waals surface area contributed by atoms with Gasteiger partial charge in [0.05, 0.1) is 6.42 Å². The van der Waals surface area contributed by atoms with Gasteiger partial charge in [-0.25, -0.2) is 0 Å². The Morgan fingerprint density at radius 1 is 1.64 bits per heavy atom. The quantitative estimate of drug-likeness (QED) is 0.725. The lowest BCUT2D eigenvalue weighted by molar-refractivity contribution is -0.142. The van der Waals surface area contributed by atoms with Crippen LogP contribution in [0.25, 0.3) is 0 Å². The number of hydrogen-bond acceptors (Lipinski definition) is 3. The molecule has 1 aromatic heterocycles. The van der Waals surface area contributed by atoms with Crippen LogP contribution in [-0.2, 0) is 16.8 Å². The molecule has 1 aromatic rings. The molecule has 1 unspecified atom stereocenters. The monoisotopic (exact) mass is 193 g/mol. The fourth-order valence-electron chi connectivity index (χ4n) is 1.95. The number of aliphatic hydroxyl groups is 1. The number of carbonyl (C=O) groups is 1. The van der Waals surface area contributed by atoms with Crippen LogP contribution < -0.4 is 0 Å². The number of aryl methyl sites for hydroxylation is 1. The number of rotatable bonds is 2. The topological polar surface area (TPSA) is 70.4 Å². The van der Waals surface area contributed by atoms with Gasteiger partial charge in [0.1, 0.15) is 5.60 Å². The zero-order valence-corrected chi connectivity index (χ0v) is 7.60. The Kier molecular flexibility index (Phi) is 2.00. The maximum atomic E-state index is 10.6. The van der Waals surface area contributed by atoms with Crippen LogP contribution in [0.15, 0.2) is 18.3 Å². The standard InChI is InChI=1S/C10H11NO3/c12-9(13)6-10(14)4-3-8-7(10)2-1-5-11-8/h1-2,5,14H,3-4,6H2,(H,12,13). The third kappa shape index (κ3) is 1.37. The second-order valence-corrected chi connectivity index (χ2v) is 3.60. The summed E-state index contributed by atoms with van der Waals surface area (Å²) in [6.07, 6.45) is 2.52. The highest BCUT2D eigenvalue weighted by molar-refractivity contribution is 5.69. The Hall–Kier alpha value is -1.42. The van der Waals surface area contributed by atoms with E-state index in [1.54, 1.807) is 18.3 Å². The van der Waals surface area contributed by atoms with Gasteiger partial charge < -0.3 is 10.2 Å². The fourth-order valence-corrected chi connectivity index (χ4v) is 1.95. The average Bonchev–Trinajstić information content (AvgIpc) is 2.44. The molecule has 0 aromatic carbocycles. The summed E-state index contributed by atoms with van der Waals surface area (Å²) in [5, 5.41) is 18.8. The van der Waals surface area contributed by atoms with Gasteiger partial charge in [-0.2, -0.15) is 0 Å². The van der Waals surface area contributed by atoms with Crippen molar-refractivity contribution in [2.24, 2.45) is 0 Å². The number of carboxylic acids is 1. The molecule has 1 aliphatic rings. The molecule has 0 radical (unpaired) electrons. The fraction of sp³-hybridized carbons (Fsp3) is 0.400. The number of hydrogen-bond donors (Lipinski definition) is 2. The third-order valence-corrected chi connectivity index (χ3v) is 2.61. The first-order valence-electron chi connectivity index (χ1n) is 4.50. The summed E-state index contributed by atoms with van der Waals surface area (Å²) in [5.41, 5.74) is 0.272. The molecular formula is C10H11NO3. The molecule has 14 heavy (non-hydrogen) atoms. The lowest BCUT2D eigenvalue weighted by Crippen LogP contribution is -2.26. The SMILES string of the molecule is O=C(O)CC1(O)CCc2ncccc21. The van der Waals surface area contributed by atoms with Crippen LogP contribution in [0.5, 0.6) is 0 Å². The molecule has 4 heteroatoms. The lowest BCUT2D eigenvalue weighted by Gasteiger charge is -2.20. The number of aromatic nitrogens is 1. The molecule has 2 N–H and O–H groups in total. The third-order valence-electron chi connectivity index (χ3n) is 2.61. The maximum absolute atomic E-state index is 10.6. The second kappa shape index (κ2) is 3.06. The Morgan fingerprint density at radius 3 is 3.14 bits per heavy atom. The van der Waals surface area contributed by atoms with Crippen molar-refractivity contribution in [3.05, 3.63) is 29.6 Å². The van der Waals surface area contributed by atoms with Crippen molar-refractivity contribution >= 4 is 5.97 Å². The smallest absolute Gasteiger partial charge is 0.306 e. The Balaban J connectivity index is 2.37. The van der Waals surface area contributed by atoms with Crippen LogP contribution in [0.3, 0.4) is 0 Å². The molecule has 4 nitrogen and oxygen atoms in total. The summed E-state index contributed by atoms with van der Waals surface area (Å²) in [7, 11) is 0. The van der Waals surface area contributed by atoms with Crippen molar-refractivity contribution in [2.45, 2.75) is 24.9 Å². The van der Waals surface area contributed by atoms with E-state index in [0.29, 0.717) is 18.4 Å². The predicted octanol–water partition coefficient (Wildman–Crippen LogP) is 0.690. The van der Waals surface area contributed by atoms with Gasteiger partial charge in [-0.15, -0.1) is 0 Å². The highest BCUT2D eigenvalue weighted by Crippen LogP contribution is 2.37. The van der Waals surface area contributed by atoms with E-state index in [1.807, 2.05) is 0 Å². The van der Waals surface area contributed by atoms with Crippen LogP contribution in [-0.4, -0.2) is 21.2 Å². The summed E-state index contributed by atoms with van der Waals surface area (Å²) in [6.45, 7) is 0. The average molecular weight is 193 g/mol. The number of nitrogens with zero attached hydrogens (tertiary/aromatic N) is 1. The normalized spacial score (nSPS) is 24.6. The Morgan fingerprint density at radius 2 is 2.43 bits per heavy atom. The van der Waals surface area contributed by atoms with Gasteiger partial charge in [0, 0.05) is 17.5 Å². The molecule has 0 bridgehead atoms. The number of pyridine rings is 1. The van der Waals surface area contributed by atoms with Crippen molar-refractivity contribution in [3.63, 3.8) is 0 Å². The van der Waals surface area contributed by atoms with E-state index in [0.717, 1.165) is 5.69 Å². The second-order valence-electron chi connectivity index (χ2n) is 3.60. The molecule has 0 saturated carbocycles. The van der Waals surface area contributed by atoms with E-state index < -0.39 is 11.6 Å². The highest BCUT2D eigenvalue weighted by atomic mass is 16.4. The molecule has 0 spiro atoms. The first kappa shape index (κ1) is 9.15. The van der Waals surface area contributed by atoms with Gasteiger partial charge >= 0.3 is 5.97 Å². The molecule has 0 fully saturated rings. The van der Waals surface area contributed by atoms with E-state index in [-0.39, 0.29) is 6.42 Å². The molecule has 1 aliphatic carbocycles. The zero-order valence-electron chi connectivity index (χ0n) is 7.60. The number of aliphatic carboxylic acids is 1. The Labute approximate surface area is 81.2 Å². The zero-order chi connectivity index (χ0) is 10.2. The molecule has 74 valence electrons. The van der Waals surface area contributed by atoms with Crippen LogP contribution in [0.4, 0.5) is 0 Å². The minimum atomic E-state index is -1.21. The summed E-state index contributed by atoms with van der Waals surface area (Å²) >= 11 is 0. The number of carboxylic acid groups (broad SMARTS) is 1. The van der Waals surface area contributed by atoms with E-state index in [4.69, 9.17) is 5.11 Å².